The van der Waals surface area contributed by atoms with Crippen molar-refractivity contribution in [1.29, 1.82) is 0 Å². The fourth-order valence-electron chi connectivity index (χ4n) is 1.25. The number of halogens is 3. The molecule has 8 heteroatoms. The minimum Gasteiger partial charge on any atom is -0.484 e. The Labute approximate surface area is 99.9 Å². The van der Waals surface area contributed by atoms with Crippen LogP contribution >= 0.6 is 0 Å². The summed E-state index contributed by atoms with van der Waals surface area (Å²) < 4.78 is 40.7. The average Bonchev–Trinajstić information content (AvgIpc) is 2.23. The smallest absolute Gasteiger partial charge is 0.417 e. The van der Waals surface area contributed by atoms with Crippen LogP contribution in [0.1, 0.15) is 5.56 Å². The van der Waals surface area contributed by atoms with E-state index in [1.165, 1.54) is 25.1 Å². The molecule has 1 rings (SSSR count). The molecule has 0 heterocycles. The number of hydrogen-bond donors (Lipinski definition) is 1. The fourth-order valence-corrected chi connectivity index (χ4v) is 1.25. The van der Waals surface area contributed by atoms with Crippen LogP contribution in [0, 0.1) is 17.0 Å². The molecule has 0 spiro atoms. The van der Waals surface area contributed by atoms with Crippen molar-refractivity contribution in [2.75, 3.05) is 6.61 Å². The summed E-state index contributed by atoms with van der Waals surface area (Å²) in [5, 5.41) is 19.5. The largest absolute Gasteiger partial charge is 0.484 e. The number of alkyl halides is 3. The Balaban J connectivity index is 2.86. The highest BCUT2D eigenvalue weighted by molar-refractivity contribution is 5.52. The molecule has 0 bridgehead atoms. The number of nitro groups is 1. The quantitative estimate of drug-likeness (QED) is 0.669. The summed E-state index contributed by atoms with van der Waals surface area (Å²) in [5.41, 5.74) is -0.147. The van der Waals surface area contributed by atoms with Crippen molar-refractivity contribution >= 4 is 5.69 Å². The van der Waals surface area contributed by atoms with Gasteiger partial charge in [0, 0.05) is 5.56 Å². The molecule has 0 aliphatic carbocycles. The lowest BCUT2D eigenvalue weighted by molar-refractivity contribution is -0.386. The molecular weight excluding hydrogens is 255 g/mol. The van der Waals surface area contributed by atoms with Crippen LogP contribution in [0.15, 0.2) is 18.2 Å². The van der Waals surface area contributed by atoms with E-state index in [0.717, 1.165) is 0 Å². The molecule has 0 saturated heterocycles. The maximum atomic E-state index is 12.0. The summed E-state index contributed by atoms with van der Waals surface area (Å²) in [7, 11) is 0. The zero-order valence-corrected chi connectivity index (χ0v) is 9.27. The molecule has 0 aliphatic heterocycles. The number of aliphatic hydroxyl groups is 1. The highest BCUT2D eigenvalue weighted by atomic mass is 19.4. The van der Waals surface area contributed by atoms with Gasteiger partial charge < -0.3 is 9.84 Å². The minimum atomic E-state index is -4.82. The summed E-state index contributed by atoms with van der Waals surface area (Å²) in [4.78, 5) is 9.98. The van der Waals surface area contributed by atoms with E-state index in [9.17, 15) is 23.3 Å². The maximum Gasteiger partial charge on any atom is 0.417 e. The van der Waals surface area contributed by atoms with Crippen LogP contribution < -0.4 is 4.74 Å². The van der Waals surface area contributed by atoms with Gasteiger partial charge in [-0.05, 0) is 13.0 Å². The van der Waals surface area contributed by atoms with Crippen molar-refractivity contribution in [2.45, 2.75) is 19.2 Å². The Morgan fingerprint density at radius 2 is 2.11 bits per heavy atom. The van der Waals surface area contributed by atoms with Gasteiger partial charge in [0.15, 0.2) is 11.9 Å². The first kappa shape index (κ1) is 14.2. The first-order valence-corrected chi connectivity index (χ1v) is 4.85. The van der Waals surface area contributed by atoms with Gasteiger partial charge in [0.2, 0.25) is 0 Å². The molecule has 0 saturated carbocycles. The number of benzene rings is 1. The number of aryl methyl sites for hydroxylation is 1. The second-order valence-corrected chi connectivity index (χ2v) is 3.55. The van der Waals surface area contributed by atoms with E-state index in [-0.39, 0.29) is 11.3 Å². The molecule has 5 nitrogen and oxygen atoms in total. The number of nitrogens with zero attached hydrogens (tertiary/aromatic N) is 1. The maximum absolute atomic E-state index is 12.0. The highest BCUT2D eigenvalue weighted by Crippen LogP contribution is 2.31. The van der Waals surface area contributed by atoms with Crippen molar-refractivity contribution in [3.63, 3.8) is 0 Å². The van der Waals surface area contributed by atoms with Crippen LogP contribution in [0.2, 0.25) is 0 Å². The SMILES string of the molecule is Cc1cccc(OC[C@@H](O)C(F)(F)F)c1[N+](=O)[O-]. The van der Waals surface area contributed by atoms with Gasteiger partial charge in [-0.1, -0.05) is 12.1 Å². The molecule has 100 valence electrons. The number of aliphatic hydroxyl groups excluding tert-OH is 1. The Kier molecular flexibility index (Phi) is 4.12. The first-order chi connectivity index (χ1) is 8.23. The van der Waals surface area contributed by atoms with E-state index in [4.69, 9.17) is 5.11 Å². The Morgan fingerprint density at radius 1 is 1.50 bits per heavy atom. The Morgan fingerprint density at radius 3 is 2.61 bits per heavy atom. The molecule has 0 aromatic heterocycles. The van der Waals surface area contributed by atoms with Gasteiger partial charge in [0.05, 0.1) is 4.92 Å². The molecular formula is C10H10F3NO4. The number of hydrogen-bond acceptors (Lipinski definition) is 4. The lowest BCUT2D eigenvalue weighted by Gasteiger charge is -2.15. The molecule has 1 aromatic rings. The molecule has 0 unspecified atom stereocenters. The number of rotatable bonds is 4. The van der Waals surface area contributed by atoms with Gasteiger partial charge in [0.1, 0.15) is 6.61 Å². The number of ether oxygens (including phenoxy) is 1. The molecule has 18 heavy (non-hydrogen) atoms. The third-order valence-electron chi connectivity index (χ3n) is 2.16. The first-order valence-electron chi connectivity index (χ1n) is 4.85. The third-order valence-corrected chi connectivity index (χ3v) is 2.16. The summed E-state index contributed by atoms with van der Waals surface area (Å²) in [6, 6.07) is 4.02. The van der Waals surface area contributed by atoms with Crippen molar-refractivity contribution < 1.29 is 27.9 Å². The van der Waals surface area contributed by atoms with E-state index >= 15 is 0 Å². The molecule has 0 amide bonds. The van der Waals surface area contributed by atoms with Crippen molar-refractivity contribution in [3.8, 4) is 5.75 Å². The van der Waals surface area contributed by atoms with Crippen molar-refractivity contribution in [1.82, 2.24) is 0 Å². The van der Waals surface area contributed by atoms with Crippen molar-refractivity contribution in [2.24, 2.45) is 0 Å². The Hall–Kier alpha value is -1.83. The van der Waals surface area contributed by atoms with Crippen LogP contribution in [-0.2, 0) is 0 Å². The van der Waals surface area contributed by atoms with Gasteiger partial charge in [-0.2, -0.15) is 13.2 Å². The van der Waals surface area contributed by atoms with Crippen LogP contribution in [0.25, 0.3) is 0 Å². The number of nitro benzene ring substituents is 1. The third kappa shape index (κ3) is 3.33. The van der Waals surface area contributed by atoms with Gasteiger partial charge >= 0.3 is 11.9 Å². The van der Waals surface area contributed by atoms with Crippen LogP contribution in [0.4, 0.5) is 18.9 Å². The zero-order chi connectivity index (χ0) is 13.9. The molecule has 0 fully saturated rings. The van der Waals surface area contributed by atoms with E-state index < -0.39 is 29.5 Å². The van der Waals surface area contributed by atoms with Crippen LogP contribution in [0.5, 0.6) is 5.75 Å². The van der Waals surface area contributed by atoms with Crippen LogP contribution in [0.3, 0.4) is 0 Å². The summed E-state index contributed by atoms with van der Waals surface area (Å²) in [6.45, 7) is 0.346. The predicted molar refractivity (Wildman–Crippen MR) is 55.4 cm³/mol. The highest BCUT2D eigenvalue weighted by Gasteiger charge is 2.39. The molecule has 1 aromatic carbocycles. The van der Waals surface area contributed by atoms with Crippen LogP contribution in [-0.4, -0.2) is 28.9 Å². The lowest BCUT2D eigenvalue weighted by Crippen LogP contribution is -2.34. The van der Waals surface area contributed by atoms with Gasteiger partial charge in [0.25, 0.3) is 0 Å². The summed E-state index contributed by atoms with van der Waals surface area (Å²) >= 11 is 0. The average molecular weight is 265 g/mol. The predicted octanol–water partition coefficient (Wildman–Crippen LogP) is 2.21. The lowest BCUT2D eigenvalue weighted by atomic mass is 10.2. The molecule has 0 aliphatic rings. The summed E-state index contributed by atoms with van der Waals surface area (Å²) in [5.74, 6) is -0.302. The van der Waals surface area contributed by atoms with E-state index in [0.29, 0.717) is 0 Å². The normalized spacial score (nSPS) is 13.2. The fraction of sp³-hybridized carbons (Fsp3) is 0.400. The summed E-state index contributed by atoms with van der Waals surface area (Å²) in [6.07, 6.45) is -7.50. The monoisotopic (exact) mass is 265 g/mol. The van der Waals surface area contributed by atoms with Crippen molar-refractivity contribution in [3.05, 3.63) is 33.9 Å². The Bertz CT molecular complexity index is 447. The van der Waals surface area contributed by atoms with Gasteiger partial charge in [-0.3, -0.25) is 10.1 Å². The second kappa shape index (κ2) is 5.21. The van der Waals surface area contributed by atoms with E-state index in [1.54, 1.807) is 0 Å². The standard InChI is InChI=1S/C10H10F3NO4/c1-6-3-2-4-7(9(6)14(16)17)18-5-8(15)10(11,12)13/h2-4,8,15H,5H2,1H3/t8-/m1/s1. The topological polar surface area (TPSA) is 72.6 Å². The van der Waals surface area contributed by atoms with E-state index in [2.05, 4.69) is 4.74 Å². The molecule has 0 radical (unpaired) electrons. The van der Waals surface area contributed by atoms with E-state index in [1.807, 2.05) is 0 Å². The van der Waals surface area contributed by atoms with Gasteiger partial charge in [-0.15, -0.1) is 0 Å². The number of para-hydroxylation sites is 1. The molecule has 1 atom stereocenters. The second-order valence-electron chi connectivity index (χ2n) is 3.55. The van der Waals surface area contributed by atoms with Gasteiger partial charge in [-0.25, -0.2) is 0 Å². The minimum absolute atomic E-state index is 0.263. The zero-order valence-electron chi connectivity index (χ0n) is 9.27. The molecule has 1 N–H and O–H groups in total.